The Kier molecular flexibility index (Phi) is 4.98. The van der Waals surface area contributed by atoms with Crippen LogP contribution in [0.15, 0.2) is 17.0 Å². The summed E-state index contributed by atoms with van der Waals surface area (Å²) in [6.07, 6.45) is 0.631. The zero-order chi connectivity index (χ0) is 13.9. The van der Waals surface area contributed by atoms with Crippen molar-refractivity contribution in [1.29, 1.82) is 0 Å². The standard InChI is InChI=1S/C10H11Cl2NO4S/c1-2-3-17-10(14)7-4-6(11)5-8(9(7)12)18(13,15)16/h4-5H,2-3H2,1H3,(H2,13,15,16). The Balaban J connectivity index is 3.30. The maximum absolute atomic E-state index is 11.7. The third-order valence-corrected chi connectivity index (χ3v) is 3.64. The van der Waals surface area contributed by atoms with E-state index in [1.54, 1.807) is 0 Å². The molecule has 0 atom stereocenters. The molecular weight excluding hydrogens is 301 g/mol. The second kappa shape index (κ2) is 5.88. The number of hydrogen-bond donors (Lipinski definition) is 1. The molecule has 0 aliphatic carbocycles. The van der Waals surface area contributed by atoms with Gasteiger partial charge in [-0.05, 0) is 18.6 Å². The number of hydrogen-bond acceptors (Lipinski definition) is 4. The topological polar surface area (TPSA) is 86.5 Å². The van der Waals surface area contributed by atoms with Crippen molar-refractivity contribution >= 4 is 39.2 Å². The van der Waals surface area contributed by atoms with Gasteiger partial charge in [0.1, 0.15) is 4.90 Å². The average Bonchev–Trinajstić information content (AvgIpc) is 2.27. The van der Waals surface area contributed by atoms with Gasteiger partial charge < -0.3 is 4.74 Å². The molecule has 0 aromatic heterocycles. The Labute approximate surface area is 115 Å². The van der Waals surface area contributed by atoms with Crippen LogP contribution in [0.25, 0.3) is 0 Å². The molecule has 0 saturated carbocycles. The Morgan fingerprint density at radius 2 is 2.00 bits per heavy atom. The van der Waals surface area contributed by atoms with Crippen LogP contribution in [0, 0.1) is 0 Å². The summed E-state index contributed by atoms with van der Waals surface area (Å²) in [6.45, 7) is 2.02. The Morgan fingerprint density at radius 1 is 1.39 bits per heavy atom. The van der Waals surface area contributed by atoms with Crippen molar-refractivity contribution in [2.75, 3.05) is 6.61 Å². The van der Waals surface area contributed by atoms with E-state index in [4.69, 9.17) is 33.1 Å². The van der Waals surface area contributed by atoms with Gasteiger partial charge in [-0.3, -0.25) is 0 Å². The summed E-state index contributed by atoms with van der Waals surface area (Å²) >= 11 is 11.5. The highest BCUT2D eigenvalue weighted by molar-refractivity contribution is 7.89. The third kappa shape index (κ3) is 3.58. The summed E-state index contributed by atoms with van der Waals surface area (Å²) in [5.74, 6) is -0.741. The van der Waals surface area contributed by atoms with Crippen LogP contribution in [0.2, 0.25) is 10.0 Å². The van der Waals surface area contributed by atoms with E-state index in [0.717, 1.165) is 6.07 Å². The van der Waals surface area contributed by atoms with Gasteiger partial charge in [-0.1, -0.05) is 30.1 Å². The second-order valence-electron chi connectivity index (χ2n) is 3.45. The average molecular weight is 312 g/mol. The molecule has 0 spiro atoms. The van der Waals surface area contributed by atoms with Crippen LogP contribution in [-0.2, 0) is 14.8 Å². The molecule has 8 heteroatoms. The minimum absolute atomic E-state index is 0.0341. The van der Waals surface area contributed by atoms with Crippen molar-refractivity contribution in [3.63, 3.8) is 0 Å². The number of carbonyl (C=O) groups is 1. The van der Waals surface area contributed by atoms with E-state index in [1.807, 2.05) is 6.92 Å². The number of sulfonamides is 1. The number of benzene rings is 1. The van der Waals surface area contributed by atoms with Crippen molar-refractivity contribution in [3.8, 4) is 0 Å². The highest BCUT2D eigenvalue weighted by Crippen LogP contribution is 2.29. The van der Waals surface area contributed by atoms with Crippen LogP contribution in [0.4, 0.5) is 0 Å². The molecule has 0 aliphatic heterocycles. The van der Waals surface area contributed by atoms with Crippen molar-refractivity contribution in [3.05, 3.63) is 27.7 Å². The minimum atomic E-state index is -4.06. The van der Waals surface area contributed by atoms with Crippen LogP contribution in [-0.4, -0.2) is 21.0 Å². The lowest BCUT2D eigenvalue weighted by atomic mass is 10.2. The fourth-order valence-corrected chi connectivity index (χ4v) is 2.64. The predicted molar refractivity (Wildman–Crippen MR) is 68.4 cm³/mol. The summed E-state index contributed by atoms with van der Waals surface area (Å²) in [4.78, 5) is 11.3. The minimum Gasteiger partial charge on any atom is -0.462 e. The lowest BCUT2D eigenvalue weighted by Gasteiger charge is -2.09. The zero-order valence-corrected chi connectivity index (χ0v) is 11.8. The number of rotatable bonds is 4. The van der Waals surface area contributed by atoms with Gasteiger partial charge in [-0.25, -0.2) is 18.4 Å². The molecule has 1 rings (SSSR count). The molecule has 18 heavy (non-hydrogen) atoms. The third-order valence-electron chi connectivity index (χ3n) is 1.97. The van der Waals surface area contributed by atoms with Crippen molar-refractivity contribution in [2.45, 2.75) is 18.2 Å². The maximum Gasteiger partial charge on any atom is 0.339 e. The Morgan fingerprint density at radius 3 is 2.50 bits per heavy atom. The molecule has 0 amide bonds. The number of ether oxygens (including phenoxy) is 1. The van der Waals surface area contributed by atoms with Gasteiger partial charge in [-0.15, -0.1) is 0 Å². The first-order valence-corrected chi connectivity index (χ1v) is 7.26. The molecule has 1 aromatic carbocycles. The number of esters is 1. The first kappa shape index (κ1) is 15.2. The molecule has 0 aliphatic rings. The van der Waals surface area contributed by atoms with Crippen LogP contribution in [0.3, 0.4) is 0 Å². The summed E-state index contributed by atoms with van der Waals surface area (Å²) in [7, 11) is -4.06. The predicted octanol–water partition coefficient (Wildman–Crippen LogP) is 2.21. The molecule has 0 heterocycles. The summed E-state index contributed by atoms with van der Waals surface area (Å²) in [5.41, 5.74) is -0.123. The molecule has 0 saturated heterocycles. The maximum atomic E-state index is 11.7. The lowest BCUT2D eigenvalue weighted by Crippen LogP contribution is -2.15. The van der Waals surface area contributed by atoms with E-state index in [2.05, 4.69) is 0 Å². The van der Waals surface area contributed by atoms with Crippen LogP contribution in [0.5, 0.6) is 0 Å². The van der Waals surface area contributed by atoms with Gasteiger partial charge in [-0.2, -0.15) is 0 Å². The number of primary sulfonamides is 1. The van der Waals surface area contributed by atoms with Gasteiger partial charge in [0.05, 0.1) is 17.2 Å². The quantitative estimate of drug-likeness (QED) is 0.864. The smallest absolute Gasteiger partial charge is 0.339 e. The first-order valence-electron chi connectivity index (χ1n) is 4.96. The van der Waals surface area contributed by atoms with Crippen molar-refractivity contribution in [1.82, 2.24) is 0 Å². The fraction of sp³-hybridized carbons (Fsp3) is 0.300. The van der Waals surface area contributed by atoms with Crippen LogP contribution < -0.4 is 5.14 Å². The largest absolute Gasteiger partial charge is 0.462 e. The lowest BCUT2D eigenvalue weighted by molar-refractivity contribution is 0.0505. The van der Waals surface area contributed by atoms with E-state index < -0.39 is 20.9 Å². The van der Waals surface area contributed by atoms with Gasteiger partial charge in [0.2, 0.25) is 10.0 Å². The van der Waals surface area contributed by atoms with E-state index >= 15 is 0 Å². The summed E-state index contributed by atoms with van der Waals surface area (Å²) < 4.78 is 27.4. The number of halogens is 2. The van der Waals surface area contributed by atoms with Crippen LogP contribution in [0.1, 0.15) is 23.7 Å². The van der Waals surface area contributed by atoms with Crippen molar-refractivity contribution in [2.24, 2.45) is 5.14 Å². The molecule has 0 unspecified atom stereocenters. The number of nitrogens with two attached hydrogens (primary N) is 1. The first-order chi connectivity index (χ1) is 8.27. The highest BCUT2D eigenvalue weighted by Gasteiger charge is 2.21. The van der Waals surface area contributed by atoms with E-state index in [0.29, 0.717) is 6.42 Å². The van der Waals surface area contributed by atoms with Crippen molar-refractivity contribution < 1.29 is 17.9 Å². The number of carbonyl (C=O) groups excluding carboxylic acids is 1. The molecular formula is C10H11Cl2NO4S. The van der Waals surface area contributed by atoms with E-state index in [-0.39, 0.29) is 22.2 Å². The van der Waals surface area contributed by atoms with Crippen LogP contribution >= 0.6 is 23.2 Å². The fourth-order valence-electron chi connectivity index (χ4n) is 1.19. The molecule has 100 valence electrons. The molecule has 0 bridgehead atoms. The van der Waals surface area contributed by atoms with Gasteiger partial charge in [0.25, 0.3) is 0 Å². The molecule has 5 nitrogen and oxygen atoms in total. The molecule has 2 N–H and O–H groups in total. The van der Waals surface area contributed by atoms with Gasteiger partial charge in [0, 0.05) is 5.02 Å². The highest BCUT2D eigenvalue weighted by atomic mass is 35.5. The summed E-state index contributed by atoms with van der Waals surface area (Å²) in [6, 6.07) is 2.31. The van der Waals surface area contributed by atoms with Gasteiger partial charge in [0.15, 0.2) is 0 Å². The second-order valence-corrected chi connectivity index (χ2v) is 5.79. The molecule has 1 aromatic rings. The van der Waals surface area contributed by atoms with Gasteiger partial charge >= 0.3 is 5.97 Å². The molecule has 0 fully saturated rings. The normalized spacial score (nSPS) is 11.3. The molecule has 0 radical (unpaired) electrons. The van der Waals surface area contributed by atoms with E-state index in [9.17, 15) is 13.2 Å². The Hall–Kier alpha value is -0.820. The van der Waals surface area contributed by atoms with E-state index in [1.165, 1.54) is 6.07 Å². The SMILES string of the molecule is CCCOC(=O)c1cc(Cl)cc(S(N)(=O)=O)c1Cl. The monoisotopic (exact) mass is 311 g/mol. The summed E-state index contributed by atoms with van der Waals surface area (Å²) in [5, 5.41) is 4.72. The Bertz CT molecular complexity index is 571. The zero-order valence-electron chi connectivity index (χ0n) is 9.44.